The normalized spacial score (nSPS) is 25.0. The van der Waals surface area contributed by atoms with Crippen LogP contribution in [0.15, 0.2) is 22.8 Å². The molecule has 2 atom stereocenters. The van der Waals surface area contributed by atoms with Gasteiger partial charge in [-0.25, -0.2) is 0 Å². The summed E-state index contributed by atoms with van der Waals surface area (Å²) in [4.78, 5) is 12.4. The molecular formula is C14H22N2O2. The van der Waals surface area contributed by atoms with Crippen molar-refractivity contribution in [1.82, 2.24) is 10.6 Å². The first kappa shape index (κ1) is 13.1. The van der Waals surface area contributed by atoms with Crippen LogP contribution in [-0.2, 0) is 4.79 Å². The van der Waals surface area contributed by atoms with Crippen LogP contribution in [0.5, 0.6) is 0 Å². The van der Waals surface area contributed by atoms with Crippen molar-refractivity contribution in [3.63, 3.8) is 0 Å². The Bertz CT molecular complexity index is 381. The highest BCUT2D eigenvalue weighted by molar-refractivity contribution is 5.87. The standard InChI is InChI=1S/C14H22N2O2/c1-3-7-14(8-5-9-15-14)13(17)16-11(2)12-6-4-10-18-12/h4,6,10-11,15H,3,5,7-9H2,1-2H3,(H,16,17)/t11-,14?/m1/s1. The van der Waals surface area contributed by atoms with E-state index >= 15 is 0 Å². The van der Waals surface area contributed by atoms with Crippen LogP contribution in [0.1, 0.15) is 51.3 Å². The second-order valence-electron chi connectivity index (χ2n) is 5.07. The molecule has 0 aromatic carbocycles. The molecule has 0 spiro atoms. The van der Waals surface area contributed by atoms with Crippen molar-refractivity contribution in [2.24, 2.45) is 0 Å². The van der Waals surface area contributed by atoms with Crippen LogP contribution < -0.4 is 10.6 Å². The fourth-order valence-electron chi connectivity index (χ4n) is 2.70. The van der Waals surface area contributed by atoms with Crippen molar-refractivity contribution >= 4 is 5.91 Å². The minimum Gasteiger partial charge on any atom is -0.467 e. The van der Waals surface area contributed by atoms with E-state index in [1.807, 2.05) is 19.1 Å². The average molecular weight is 250 g/mol. The summed E-state index contributed by atoms with van der Waals surface area (Å²) in [5.41, 5.74) is -0.365. The van der Waals surface area contributed by atoms with E-state index in [1.165, 1.54) is 0 Å². The van der Waals surface area contributed by atoms with Gasteiger partial charge in [-0.2, -0.15) is 0 Å². The zero-order chi connectivity index (χ0) is 13.0. The maximum atomic E-state index is 12.4. The summed E-state index contributed by atoms with van der Waals surface area (Å²) in [6, 6.07) is 3.65. The maximum absolute atomic E-state index is 12.4. The summed E-state index contributed by atoms with van der Waals surface area (Å²) in [6.07, 6.45) is 5.53. The number of furan rings is 1. The van der Waals surface area contributed by atoms with Gasteiger partial charge in [-0.05, 0) is 44.9 Å². The van der Waals surface area contributed by atoms with Gasteiger partial charge in [0.25, 0.3) is 0 Å². The largest absolute Gasteiger partial charge is 0.467 e. The maximum Gasteiger partial charge on any atom is 0.240 e. The van der Waals surface area contributed by atoms with Crippen molar-refractivity contribution in [3.05, 3.63) is 24.2 Å². The molecule has 100 valence electrons. The van der Waals surface area contributed by atoms with E-state index in [-0.39, 0.29) is 17.5 Å². The van der Waals surface area contributed by atoms with Gasteiger partial charge in [-0.3, -0.25) is 4.79 Å². The third-order valence-corrected chi connectivity index (χ3v) is 3.67. The Morgan fingerprint density at radius 3 is 3.06 bits per heavy atom. The summed E-state index contributed by atoms with van der Waals surface area (Å²) in [5, 5.41) is 6.43. The Morgan fingerprint density at radius 2 is 2.50 bits per heavy atom. The summed E-state index contributed by atoms with van der Waals surface area (Å²) >= 11 is 0. The number of nitrogens with one attached hydrogen (secondary N) is 2. The number of amides is 1. The van der Waals surface area contributed by atoms with Crippen LogP contribution in [0.2, 0.25) is 0 Å². The zero-order valence-electron chi connectivity index (χ0n) is 11.2. The van der Waals surface area contributed by atoms with Gasteiger partial charge in [0.05, 0.1) is 17.8 Å². The van der Waals surface area contributed by atoms with Crippen LogP contribution in [0.3, 0.4) is 0 Å². The lowest BCUT2D eigenvalue weighted by molar-refractivity contribution is -0.128. The van der Waals surface area contributed by atoms with Crippen molar-refractivity contribution in [3.8, 4) is 0 Å². The van der Waals surface area contributed by atoms with Gasteiger partial charge in [-0.15, -0.1) is 0 Å². The Kier molecular flexibility index (Phi) is 4.07. The lowest BCUT2D eigenvalue weighted by atomic mass is 9.90. The highest BCUT2D eigenvalue weighted by Gasteiger charge is 2.40. The SMILES string of the molecule is CCCC1(C(=O)N[C@H](C)c2ccco2)CCCN1. The molecule has 4 heteroatoms. The van der Waals surface area contributed by atoms with E-state index in [0.29, 0.717) is 0 Å². The third kappa shape index (κ3) is 2.58. The van der Waals surface area contributed by atoms with Gasteiger partial charge in [0.15, 0.2) is 0 Å². The molecule has 1 saturated heterocycles. The van der Waals surface area contributed by atoms with E-state index in [2.05, 4.69) is 17.6 Å². The Morgan fingerprint density at radius 1 is 1.67 bits per heavy atom. The fraction of sp³-hybridized carbons (Fsp3) is 0.643. The average Bonchev–Trinajstić information content (AvgIpc) is 3.00. The second-order valence-corrected chi connectivity index (χ2v) is 5.07. The molecule has 2 heterocycles. The van der Waals surface area contributed by atoms with Gasteiger partial charge < -0.3 is 15.1 Å². The molecule has 1 aromatic heterocycles. The first-order chi connectivity index (χ1) is 8.68. The van der Waals surface area contributed by atoms with Gasteiger partial charge in [0, 0.05) is 0 Å². The lowest BCUT2D eigenvalue weighted by Crippen LogP contribution is -2.53. The van der Waals surface area contributed by atoms with Crippen LogP contribution in [0.4, 0.5) is 0 Å². The minimum absolute atomic E-state index is 0.0800. The minimum atomic E-state index is -0.365. The van der Waals surface area contributed by atoms with Crippen molar-refractivity contribution in [2.75, 3.05) is 6.54 Å². The molecule has 0 aliphatic carbocycles. The number of carbonyl (C=O) groups is 1. The Hall–Kier alpha value is -1.29. The topological polar surface area (TPSA) is 54.3 Å². The molecular weight excluding hydrogens is 228 g/mol. The molecule has 1 amide bonds. The highest BCUT2D eigenvalue weighted by atomic mass is 16.3. The smallest absolute Gasteiger partial charge is 0.240 e. The van der Waals surface area contributed by atoms with E-state index in [4.69, 9.17) is 4.42 Å². The van der Waals surface area contributed by atoms with Crippen molar-refractivity contribution in [1.29, 1.82) is 0 Å². The number of carbonyl (C=O) groups excluding carboxylic acids is 1. The Labute approximate surface area is 108 Å². The van der Waals surface area contributed by atoms with Gasteiger partial charge in [0.2, 0.25) is 5.91 Å². The molecule has 0 radical (unpaired) electrons. The molecule has 4 nitrogen and oxygen atoms in total. The third-order valence-electron chi connectivity index (χ3n) is 3.67. The summed E-state index contributed by atoms with van der Waals surface area (Å²) in [6.45, 7) is 5.00. The van der Waals surface area contributed by atoms with Gasteiger partial charge in [0.1, 0.15) is 5.76 Å². The first-order valence-corrected chi connectivity index (χ1v) is 6.77. The van der Waals surface area contributed by atoms with Crippen LogP contribution in [-0.4, -0.2) is 18.0 Å². The zero-order valence-corrected chi connectivity index (χ0v) is 11.2. The molecule has 1 fully saturated rings. The quantitative estimate of drug-likeness (QED) is 0.843. The van der Waals surface area contributed by atoms with E-state index in [9.17, 15) is 4.79 Å². The first-order valence-electron chi connectivity index (χ1n) is 6.77. The van der Waals surface area contributed by atoms with E-state index in [1.54, 1.807) is 6.26 Å². The molecule has 0 saturated carbocycles. The lowest BCUT2D eigenvalue weighted by Gasteiger charge is -2.29. The summed E-state index contributed by atoms with van der Waals surface area (Å²) in [5.74, 6) is 0.902. The van der Waals surface area contributed by atoms with Crippen molar-refractivity contribution < 1.29 is 9.21 Å². The Balaban J connectivity index is 2.01. The van der Waals surface area contributed by atoms with Gasteiger partial charge >= 0.3 is 0 Å². The predicted molar refractivity (Wildman–Crippen MR) is 70.1 cm³/mol. The van der Waals surface area contributed by atoms with E-state index < -0.39 is 0 Å². The number of hydrogen-bond acceptors (Lipinski definition) is 3. The van der Waals surface area contributed by atoms with Crippen LogP contribution in [0.25, 0.3) is 0 Å². The molecule has 0 bridgehead atoms. The van der Waals surface area contributed by atoms with Crippen molar-refractivity contribution in [2.45, 2.75) is 51.1 Å². The molecule has 18 heavy (non-hydrogen) atoms. The molecule has 1 aromatic rings. The van der Waals surface area contributed by atoms with Crippen LogP contribution >= 0.6 is 0 Å². The molecule has 1 aliphatic rings. The fourth-order valence-corrected chi connectivity index (χ4v) is 2.70. The number of rotatable bonds is 5. The second kappa shape index (κ2) is 5.57. The molecule has 1 unspecified atom stereocenters. The van der Waals surface area contributed by atoms with E-state index in [0.717, 1.165) is 38.0 Å². The molecule has 2 N–H and O–H groups in total. The predicted octanol–water partition coefficient (Wildman–Crippen LogP) is 2.38. The number of hydrogen-bond donors (Lipinski definition) is 2. The summed E-state index contributed by atoms with van der Waals surface area (Å²) in [7, 11) is 0. The van der Waals surface area contributed by atoms with Gasteiger partial charge in [-0.1, -0.05) is 13.3 Å². The molecule has 2 rings (SSSR count). The molecule has 1 aliphatic heterocycles. The monoisotopic (exact) mass is 250 g/mol. The van der Waals surface area contributed by atoms with Crippen LogP contribution in [0, 0.1) is 0 Å². The summed E-state index contributed by atoms with van der Waals surface area (Å²) < 4.78 is 5.32. The highest BCUT2D eigenvalue weighted by Crippen LogP contribution is 2.26.